The fourth-order valence-electron chi connectivity index (χ4n) is 2.00. The molecule has 0 aromatic heterocycles. The van der Waals surface area contributed by atoms with Crippen LogP contribution in [0, 0.1) is 5.82 Å². The lowest BCUT2D eigenvalue weighted by Crippen LogP contribution is -2.18. The maximum Gasteiger partial charge on any atom is 0.171 e. The van der Waals surface area contributed by atoms with E-state index in [0.717, 1.165) is 11.3 Å². The van der Waals surface area contributed by atoms with Gasteiger partial charge in [-0.3, -0.25) is 0 Å². The summed E-state index contributed by atoms with van der Waals surface area (Å²) >= 11 is 6.12. The second-order valence-electron chi connectivity index (χ2n) is 4.64. The summed E-state index contributed by atoms with van der Waals surface area (Å²) in [4.78, 5) is 1.93. The first kappa shape index (κ1) is 15.1. The molecule has 0 bridgehead atoms. The van der Waals surface area contributed by atoms with Crippen LogP contribution >= 0.6 is 11.6 Å². The summed E-state index contributed by atoms with van der Waals surface area (Å²) in [5.74, 6) is -0.305. The van der Waals surface area contributed by atoms with Gasteiger partial charge in [0.1, 0.15) is 5.82 Å². The molecule has 0 atom stereocenters. The lowest BCUT2D eigenvalue weighted by atomic mass is 10.1. The first-order valence-corrected chi connectivity index (χ1v) is 6.62. The Kier molecular flexibility index (Phi) is 4.65. The zero-order valence-electron chi connectivity index (χ0n) is 11.4. The van der Waals surface area contributed by atoms with Gasteiger partial charge >= 0.3 is 0 Å². The van der Waals surface area contributed by atoms with Gasteiger partial charge in [-0.1, -0.05) is 28.9 Å². The number of oxime groups is 1. The van der Waals surface area contributed by atoms with Crippen molar-refractivity contribution >= 4 is 23.1 Å². The Morgan fingerprint density at radius 1 is 1.33 bits per heavy atom. The van der Waals surface area contributed by atoms with Gasteiger partial charge in [0.25, 0.3) is 0 Å². The number of halogens is 2. The van der Waals surface area contributed by atoms with Crippen molar-refractivity contribution in [3.8, 4) is 0 Å². The molecule has 0 saturated carbocycles. The van der Waals surface area contributed by atoms with Crippen LogP contribution in [0.4, 0.5) is 10.1 Å². The molecule has 110 valence electrons. The van der Waals surface area contributed by atoms with Crippen LogP contribution in [0.5, 0.6) is 0 Å². The third kappa shape index (κ3) is 3.64. The minimum Gasteiger partial charge on any atom is -0.409 e. The SMILES string of the molecule is CN(Cc1cccc(F)c1)c1ccc(C(N)=NO)c(Cl)c1. The van der Waals surface area contributed by atoms with Crippen molar-refractivity contribution in [3.05, 3.63) is 64.4 Å². The van der Waals surface area contributed by atoms with Crippen LogP contribution < -0.4 is 10.6 Å². The number of hydrogen-bond acceptors (Lipinski definition) is 3. The lowest BCUT2D eigenvalue weighted by Gasteiger charge is -2.20. The van der Waals surface area contributed by atoms with E-state index in [1.165, 1.54) is 12.1 Å². The summed E-state index contributed by atoms with van der Waals surface area (Å²) in [6.45, 7) is 0.539. The molecule has 0 unspecified atom stereocenters. The highest BCUT2D eigenvalue weighted by molar-refractivity contribution is 6.34. The van der Waals surface area contributed by atoms with E-state index < -0.39 is 0 Å². The molecule has 2 aromatic carbocycles. The normalized spacial score (nSPS) is 11.5. The number of nitrogens with zero attached hydrogens (tertiary/aromatic N) is 2. The highest BCUT2D eigenvalue weighted by atomic mass is 35.5. The van der Waals surface area contributed by atoms with Crippen LogP contribution in [-0.2, 0) is 6.54 Å². The molecule has 3 N–H and O–H groups in total. The van der Waals surface area contributed by atoms with E-state index in [0.29, 0.717) is 17.1 Å². The van der Waals surface area contributed by atoms with Gasteiger partial charge < -0.3 is 15.8 Å². The van der Waals surface area contributed by atoms with Gasteiger partial charge in [0, 0.05) is 24.8 Å². The largest absolute Gasteiger partial charge is 0.409 e. The van der Waals surface area contributed by atoms with Crippen molar-refractivity contribution in [1.82, 2.24) is 0 Å². The Balaban J connectivity index is 2.20. The first-order chi connectivity index (χ1) is 10.0. The third-order valence-electron chi connectivity index (χ3n) is 3.09. The summed E-state index contributed by atoms with van der Waals surface area (Å²) in [7, 11) is 1.87. The predicted octanol–water partition coefficient (Wildman–Crippen LogP) is 3.21. The molecule has 6 heteroatoms. The minimum absolute atomic E-state index is 0.0423. The van der Waals surface area contributed by atoms with Crippen LogP contribution in [0.15, 0.2) is 47.6 Å². The monoisotopic (exact) mass is 307 g/mol. The second-order valence-corrected chi connectivity index (χ2v) is 5.04. The van der Waals surface area contributed by atoms with E-state index in [1.54, 1.807) is 24.3 Å². The lowest BCUT2D eigenvalue weighted by molar-refractivity contribution is 0.318. The predicted molar refractivity (Wildman–Crippen MR) is 82.5 cm³/mol. The van der Waals surface area contributed by atoms with Crippen molar-refractivity contribution < 1.29 is 9.60 Å². The topological polar surface area (TPSA) is 61.8 Å². The van der Waals surface area contributed by atoms with Crippen molar-refractivity contribution in [2.75, 3.05) is 11.9 Å². The van der Waals surface area contributed by atoms with E-state index in [4.69, 9.17) is 22.5 Å². The Labute approximate surface area is 127 Å². The molecule has 2 aromatic rings. The summed E-state index contributed by atoms with van der Waals surface area (Å²) in [6.07, 6.45) is 0. The molecular weight excluding hydrogens is 293 g/mol. The van der Waals surface area contributed by atoms with E-state index in [9.17, 15) is 4.39 Å². The van der Waals surface area contributed by atoms with Crippen molar-refractivity contribution in [3.63, 3.8) is 0 Å². The summed E-state index contributed by atoms with van der Waals surface area (Å²) in [5, 5.41) is 12.0. The minimum atomic E-state index is -0.263. The first-order valence-electron chi connectivity index (χ1n) is 6.24. The van der Waals surface area contributed by atoms with Crippen LogP contribution in [0.3, 0.4) is 0 Å². The van der Waals surface area contributed by atoms with Crippen molar-refractivity contribution in [1.29, 1.82) is 0 Å². The molecule has 21 heavy (non-hydrogen) atoms. The number of rotatable bonds is 4. The van der Waals surface area contributed by atoms with E-state index in [2.05, 4.69) is 5.16 Å². The van der Waals surface area contributed by atoms with Gasteiger partial charge in [-0.15, -0.1) is 0 Å². The molecule has 0 saturated heterocycles. The number of anilines is 1. The summed E-state index contributed by atoms with van der Waals surface area (Å²) in [6, 6.07) is 11.6. The van der Waals surface area contributed by atoms with E-state index >= 15 is 0 Å². The molecule has 0 heterocycles. The number of benzene rings is 2. The maximum absolute atomic E-state index is 13.2. The number of hydrogen-bond donors (Lipinski definition) is 2. The quantitative estimate of drug-likeness (QED) is 0.394. The fraction of sp³-hybridized carbons (Fsp3) is 0.133. The second kappa shape index (κ2) is 6.45. The van der Waals surface area contributed by atoms with Crippen LogP contribution in [0.25, 0.3) is 0 Å². The average Bonchev–Trinajstić information content (AvgIpc) is 2.46. The van der Waals surface area contributed by atoms with Gasteiger partial charge in [-0.2, -0.15) is 0 Å². The molecule has 0 aliphatic rings. The number of amidine groups is 1. The molecule has 0 radical (unpaired) electrons. The van der Waals surface area contributed by atoms with Crippen LogP contribution in [0.1, 0.15) is 11.1 Å². The fourth-order valence-corrected chi connectivity index (χ4v) is 2.28. The summed E-state index contributed by atoms with van der Waals surface area (Å²) < 4.78 is 13.2. The molecule has 0 aliphatic heterocycles. The highest BCUT2D eigenvalue weighted by Gasteiger charge is 2.09. The van der Waals surface area contributed by atoms with Gasteiger partial charge in [-0.05, 0) is 35.9 Å². The third-order valence-corrected chi connectivity index (χ3v) is 3.40. The van der Waals surface area contributed by atoms with E-state index in [1.807, 2.05) is 18.0 Å². The van der Waals surface area contributed by atoms with Gasteiger partial charge in [0.15, 0.2) is 5.84 Å². The average molecular weight is 308 g/mol. The zero-order valence-corrected chi connectivity index (χ0v) is 12.2. The maximum atomic E-state index is 13.2. The molecule has 0 aliphatic carbocycles. The van der Waals surface area contributed by atoms with Gasteiger partial charge in [-0.25, -0.2) is 4.39 Å². The molecular formula is C15H15ClFN3O. The Hall–Kier alpha value is -2.27. The number of nitrogens with two attached hydrogens (primary N) is 1. The van der Waals surface area contributed by atoms with Crippen molar-refractivity contribution in [2.24, 2.45) is 10.9 Å². The molecule has 0 fully saturated rings. The Bertz CT molecular complexity index is 676. The highest BCUT2D eigenvalue weighted by Crippen LogP contribution is 2.24. The van der Waals surface area contributed by atoms with E-state index in [-0.39, 0.29) is 11.7 Å². The molecule has 0 amide bonds. The Morgan fingerprint density at radius 3 is 2.71 bits per heavy atom. The van der Waals surface area contributed by atoms with Gasteiger partial charge in [0.05, 0.1) is 5.02 Å². The molecule has 4 nitrogen and oxygen atoms in total. The van der Waals surface area contributed by atoms with Crippen LogP contribution in [0.2, 0.25) is 5.02 Å². The Morgan fingerprint density at radius 2 is 2.10 bits per heavy atom. The van der Waals surface area contributed by atoms with Crippen LogP contribution in [-0.4, -0.2) is 18.1 Å². The molecule has 2 rings (SSSR count). The van der Waals surface area contributed by atoms with Gasteiger partial charge in [0.2, 0.25) is 0 Å². The standard InChI is InChI=1S/C15H15ClFN3O/c1-20(9-10-3-2-4-11(17)7-10)12-5-6-13(14(16)8-12)15(18)19-21/h2-8,21H,9H2,1H3,(H2,18,19). The van der Waals surface area contributed by atoms with Crippen molar-refractivity contribution in [2.45, 2.75) is 6.54 Å². The molecule has 0 spiro atoms. The zero-order chi connectivity index (χ0) is 15.4. The summed E-state index contributed by atoms with van der Waals surface area (Å²) in [5.41, 5.74) is 7.68. The smallest absolute Gasteiger partial charge is 0.171 e.